The third-order valence-corrected chi connectivity index (χ3v) is 4.54. The summed E-state index contributed by atoms with van der Waals surface area (Å²) in [6.07, 6.45) is 7.59. The lowest BCUT2D eigenvalue weighted by Crippen LogP contribution is -2.38. The topological polar surface area (TPSA) is 62.2 Å². The van der Waals surface area contributed by atoms with Gasteiger partial charge < -0.3 is 10.4 Å². The highest BCUT2D eigenvalue weighted by atomic mass is 32.1. The summed E-state index contributed by atoms with van der Waals surface area (Å²) in [6.45, 7) is 3.58. The van der Waals surface area contributed by atoms with Crippen molar-refractivity contribution in [1.29, 1.82) is 0 Å². The number of aliphatic hydroxyl groups is 1. The zero-order valence-electron chi connectivity index (χ0n) is 12.3. The van der Waals surface area contributed by atoms with Crippen LogP contribution in [-0.4, -0.2) is 28.1 Å². The van der Waals surface area contributed by atoms with Gasteiger partial charge in [-0.1, -0.05) is 32.1 Å². The first-order chi connectivity index (χ1) is 9.44. The Labute approximate surface area is 124 Å². The lowest BCUT2D eigenvalue weighted by atomic mass is 9.86. The summed E-state index contributed by atoms with van der Waals surface area (Å²) < 4.78 is 0. The van der Waals surface area contributed by atoms with Crippen LogP contribution in [0.5, 0.6) is 0 Å². The van der Waals surface area contributed by atoms with Gasteiger partial charge in [0.1, 0.15) is 0 Å². The number of hydrogen-bond acceptors (Lipinski definition) is 4. The van der Waals surface area contributed by atoms with Crippen LogP contribution in [0.15, 0.2) is 5.38 Å². The molecule has 1 aliphatic rings. The van der Waals surface area contributed by atoms with E-state index in [0.29, 0.717) is 5.01 Å². The zero-order valence-corrected chi connectivity index (χ0v) is 13.1. The average Bonchev–Trinajstić information content (AvgIpc) is 2.85. The fraction of sp³-hybridized carbons (Fsp3) is 0.733. The van der Waals surface area contributed by atoms with Gasteiger partial charge in [0.15, 0.2) is 5.01 Å². The Hall–Kier alpha value is -0.940. The normalized spacial score (nSPS) is 17.1. The molecule has 5 heteroatoms. The molecule has 20 heavy (non-hydrogen) atoms. The van der Waals surface area contributed by atoms with Gasteiger partial charge in [0.05, 0.1) is 11.3 Å². The number of thiazole rings is 1. The van der Waals surface area contributed by atoms with E-state index >= 15 is 0 Å². The van der Waals surface area contributed by atoms with Crippen molar-refractivity contribution in [2.24, 2.45) is 5.92 Å². The number of hydrogen-bond donors (Lipinski definition) is 2. The molecule has 0 aliphatic heterocycles. The van der Waals surface area contributed by atoms with E-state index in [1.54, 1.807) is 13.8 Å². The van der Waals surface area contributed by atoms with Gasteiger partial charge in [-0.25, -0.2) is 4.98 Å². The Morgan fingerprint density at radius 3 is 2.80 bits per heavy atom. The lowest BCUT2D eigenvalue weighted by molar-refractivity contribution is 0.0694. The third-order valence-electron chi connectivity index (χ3n) is 3.65. The second kappa shape index (κ2) is 6.68. The van der Waals surface area contributed by atoms with E-state index in [-0.39, 0.29) is 12.5 Å². The van der Waals surface area contributed by atoms with Gasteiger partial charge >= 0.3 is 0 Å². The molecule has 0 bridgehead atoms. The van der Waals surface area contributed by atoms with Gasteiger partial charge in [0, 0.05) is 11.9 Å². The summed E-state index contributed by atoms with van der Waals surface area (Å²) in [7, 11) is 0. The molecule has 1 amide bonds. The molecular weight excluding hydrogens is 272 g/mol. The quantitative estimate of drug-likeness (QED) is 0.878. The highest BCUT2D eigenvalue weighted by molar-refractivity contribution is 7.11. The number of nitrogens with zero attached hydrogens (tertiary/aromatic N) is 1. The van der Waals surface area contributed by atoms with Gasteiger partial charge in [-0.05, 0) is 26.2 Å². The number of carbonyl (C=O) groups is 1. The lowest BCUT2D eigenvalue weighted by Gasteiger charge is -2.20. The second-order valence-corrected chi connectivity index (χ2v) is 7.21. The summed E-state index contributed by atoms with van der Waals surface area (Å²) in [5, 5.41) is 14.8. The number of nitrogens with one attached hydrogen (secondary N) is 1. The molecule has 0 saturated heterocycles. The fourth-order valence-corrected chi connectivity index (χ4v) is 3.31. The van der Waals surface area contributed by atoms with Crippen molar-refractivity contribution in [3.8, 4) is 0 Å². The molecule has 1 aliphatic carbocycles. The van der Waals surface area contributed by atoms with Gasteiger partial charge in [0.25, 0.3) is 5.91 Å². The van der Waals surface area contributed by atoms with Crippen molar-refractivity contribution in [2.45, 2.75) is 58.0 Å². The van der Waals surface area contributed by atoms with E-state index in [2.05, 4.69) is 10.3 Å². The Morgan fingerprint density at radius 1 is 1.45 bits per heavy atom. The van der Waals surface area contributed by atoms with Crippen molar-refractivity contribution >= 4 is 17.2 Å². The van der Waals surface area contributed by atoms with Crippen molar-refractivity contribution in [2.75, 3.05) is 6.54 Å². The maximum atomic E-state index is 11.9. The van der Waals surface area contributed by atoms with E-state index in [9.17, 15) is 9.90 Å². The van der Waals surface area contributed by atoms with Crippen molar-refractivity contribution < 1.29 is 9.90 Å². The minimum absolute atomic E-state index is 0.188. The van der Waals surface area contributed by atoms with Crippen LogP contribution >= 0.6 is 11.3 Å². The minimum Gasteiger partial charge on any atom is -0.389 e. The molecule has 0 radical (unpaired) electrons. The molecule has 0 aromatic carbocycles. The van der Waals surface area contributed by atoms with Crippen LogP contribution in [-0.2, 0) is 6.42 Å². The molecule has 2 N–H and O–H groups in total. The predicted molar refractivity (Wildman–Crippen MR) is 81.0 cm³/mol. The van der Waals surface area contributed by atoms with Gasteiger partial charge in [-0.3, -0.25) is 4.79 Å². The standard InChI is InChI=1S/C15H24N2O2S/c1-15(2,19)10-16-13(18)14-17-12(9-20-14)8-11-6-4-3-5-7-11/h9,11,19H,3-8,10H2,1-2H3,(H,16,18). The Morgan fingerprint density at radius 2 is 2.15 bits per heavy atom. The molecule has 0 spiro atoms. The highest BCUT2D eigenvalue weighted by Gasteiger charge is 2.19. The molecular formula is C15H24N2O2S. The molecule has 4 nitrogen and oxygen atoms in total. The van der Waals surface area contributed by atoms with Crippen LogP contribution in [0.3, 0.4) is 0 Å². The molecule has 1 heterocycles. The largest absolute Gasteiger partial charge is 0.389 e. The molecule has 1 aromatic heterocycles. The molecule has 1 fully saturated rings. The first-order valence-electron chi connectivity index (χ1n) is 7.39. The SMILES string of the molecule is CC(C)(O)CNC(=O)c1nc(CC2CCCCC2)cs1. The van der Waals surface area contributed by atoms with Crippen LogP contribution < -0.4 is 5.32 Å². The number of carbonyl (C=O) groups excluding carboxylic acids is 1. The summed E-state index contributed by atoms with van der Waals surface area (Å²) in [5.41, 5.74) is 0.146. The molecule has 2 rings (SSSR count). The van der Waals surface area contributed by atoms with E-state index in [4.69, 9.17) is 0 Å². The van der Waals surface area contributed by atoms with Crippen LogP contribution in [0.25, 0.3) is 0 Å². The van der Waals surface area contributed by atoms with Crippen LogP contribution in [0.1, 0.15) is 61.4 Å². The first-order valence-corrected chi connectivity index (χ1v) is 8.27. The number of amides is 1. The monoisotopic (exact) mass is 296 g/mol. The van der Waals surface area contributed by atoms with Crippen LogP contribution in [0.2, 0.25) is 0 Å². The Bertz CT molecular complexity index is 445. The second-order valence-electron chi connectivity index (χ2n) is 6.35. The van der Waals surface area contributed by atoms with Crippen molar-refractivity contribution in [3.63, 3.8) is 0 Å². The average molecular weight is 296 g/mol. The molecule has 112 valence electrons. The molecule has 1 saturated carbocycles. The summed E-state index contributed by atoms with van der Waals surface area (Å²) >= 11 is 1.39. The van der Waals surface area contributed by atoms with Gasteiger partial charge in [0.2, 0.25) is 0 Å². The number of rotatable bonds is 5. The van der Waals surface area contributed by atoms with Gasteiger partial charge in [-0.2, -0.15) is 0 Å². The number of aromatic nitrogens is 1. The third kappa shape index (κ3) is 4.87. The van der Waals surface area contributed by atoms with E-state index < -0.39 is 5.60 Å². The zero-order chi connectivity index (χ0) is 14.6. The molecule has 0 unspecified atom stereocenters. The minimum atomic E-state index is -0.891. The summed E-state index contributed by atoms with van der Waals surface area (Å²) in [5.74, 6) is 0.546. The highest BCUT2D eigenvalue weighted by Crippen LogP contribution is 2.27. The Balaban J connectivity index is 1.86. The smallest absolute Gasteiger partial charge is 0.280 e. The fourth-order valence-electron chi connectivity index (χ4n) is 2.56. The van der Waals surface area contributed by atoms with E-state index in [0.717, 1.165) is 18.0 Å². The summed E-state index contributed by atoms with van der Waals surface area (Å²) in [4.78, 5) is 16.4. The summed E-state index contributed by atoms with van der Waals surface area (Å²) in [6, 6.07) is 0. The first kappa shape index (κ1) is 15.4. The maximum absolute atomic E-state index is 11.9. The van der Waals surface area contributed by atoms with Crippen molar-refractivity contribution in [1.82, 2.24) is 10.3 Å². The molecule has 0 atom stereocenters. The van der Waals surface area contributed by atoms with Crippen molar-refractivity contribution in [3.05, 3.63) is 16.1 Å². The van der Waals surface area contributed by atoms with Crippen LogP contribution in [0.4, 0.5) is 0 Å². The van der Waals surface area contributed by atoms with Crippen LogP contribution in [0, 0.1) is 5.92 Å². The maximum Gasteiger partial charge on any atom is 0.280 e. The predicted octanol–water partition coefficient (Wildman–Crippen LogP) is 2.77. The van der Waals surface area contributed by atoms with E-state index in [1.165, 1.54) is 43.4 Å². The molecule has 1 aromatic rings. The van der Waals surface area contributed by atoms with Gasteiger partial charge in [-0.15, -0.1) is 11.3 Å². The van der Waals surface area contributed by atoms with E-state index in [1.807, 2.05) is 5.38 Å². The Kier molecular flexibility index (Phi) is 5.16.